The number of carbonyl (C=O) groups is 1. The number of esters is 1. The Labute approximate surface area is 104 Å². The molecule has 1 aromatic heterocycles. The van der Waals surface area contributed by atoms with E-state index in [9.17, 15) is 13.2 Å². The van der Waals surface area contributed by atoms with Crippen LogP contribution in [-0.2, 0) is 14.6 Å². The molecule has 3 N–H and O–H groups in total. The fourth-order valence-electron chi connectivity index (χ4n) is 1.31. The van der Waals surface area contributed by atoms with Gasteiger partial charge in [-0.3, -0.25) is 0 Å². The zero-order valence-corrected chi connectivity index (χ0v) is 11.4. The first-order chi connectivity index (χ1) is 7.82. The van der Waals surface area contributed by atoms with Crippen LogP contribution in [0.25, 0.3) is 0 Å². The number of carbonyl (C=O) groups excluding carboxylic acids is 1. The van der Waals surface area contributed by atoms with Crippen LogP contribution in [0.4, 0.5) is 10.7 Å². The van der Waals surface area contributed by atoms with Crippen LogP contribution in [0.15, 0.2) is 4.90 Å². The lowest BCUT2D eigenvalue weighted by molar-refractivity contribution is 0.0533. The predicted molar refractivity (Wildman–Crippen MR) is 67.3 cm³/mol. The number of ether oxygens (including phenoxy) is 1. The van der Waals surface area contributed by atoms with Crippen LogP contribution in [-0.4, -0.2) is 34.3 Å². The second-order valence-corrected chi connectivity index (χ2v) is 6.22. The van der Waals surface area contributed by atoms with Crippen LogP contribution in [0.1, 0.15) is 16.6 Å². The summed E-state index contributed by atoms with van der Waals surface area (Å²) in [6, 6.07) is 0. The van der Waals surface area contributed by atoms with Crippen molar-refractivity contribution in [2.75, 3.05) is 31.0 Å². The van der Waals surface area contributed by atoms with E-state index >= 15 is 0 Å². The molecule has 0 saturated carbocycles. The van der Waals surface area contributed by atoms with Crippen LogP contribution in [0.3, 0.4) is 0 Å². The Hall–Kier alpha value is -1.28. The molecule has 0 radical (unpaired) electrons. The summed E-state index contributed by atoms with van der Waals surface area (Å²) in [5.41, 5.74) is 5.63. The average Bonchev–Trinajstić information content (AvgIpc) is 2.55. The van der Waals surface area contributed by atoms with Gasteiger partial charge in [0.1, 0.15) is 14.8 Å². The van der Waals surface area contributed by atoms with Gasteiger partial charge in [0.2, 0.25) is 0 Å². The van der Waals surface area contributed by atoms with Crippen LogP contribution < -0.4 is 11.1 Å². The highest BCUT2D eigenvalue weighted by molar-refractivity contribution is 7.91. The maximum atomic E-state index is 11.6. The van der Waals surface area contributed by atoms with E-state index in [0.29, 0.717) is 5.00 Å². The molecule has 0 aliphatic heterocycles. The lowest BCUT2D eigenvalue weighted by Crippen LogP contribution is -2.07. The van der Waals surface area contributed by atoms with E-state index < -0.39 is 15.8 Å². The van der Waals surface area contributed by atoms with Crippen LogP contribution >= 0.6 is 11.3 Å². The Kier molecular flexibility index (Phi) is 3.99. The van der Waals surface area contributed by atoms with Gasteiger partial charge in [0.05, 0.1) is 12.3 Å². The summed E-state index contributed by atoms with van der Waals surface area (Å²) in [4.78, 5) is 11.6. The number of rotatable bonds is 4. The molecule has 0 atom stereocenters. The summed E-state index contributed by atoms with van der Waals surface area (Å²) in [7, 11) is -1.92. The molecule has 1 aromatic rings. The second kappa shape index (κ2) is 4.92. The van der Waals surface area contributed by atoms with Gasteiger partial charge in [-0.05, 0) is 6.92 Å². The predicted octanol–water partition coefficient (Wildman–Crippen LogP) is 0.952. The molecule has 96 valence electrons. The van der Waals surface area contributed by atoms with Gasteiger partial charge in [0, 0.05) is 13.3 Å². The number of hydrogen-bond donors (Lipinski definition) is 2. The number of sulfone groups is 1. The van der Waals surface area contributed by atoms with Gasteiger partial charge in [-0.15, -0.1) is 11.3 Å². The third kappa shape index (κ3) is 2.70. The van der Waals surface area contributed by atoms with Crippen molar-refractivity contribution in [1.29, 1.82) is 0 Å². The molecule has 0 aliphatic rings. The van der Waals surface area contributed by atoms with Crippen molar-refractivity contribution in [3.63, 3.8) is 0 Å². The summed E-state index contributed by atoms with van der Waals surface area (Å²) in [5, 5.41) is 3.05. The molecule has 1 heterocycles. The zero-order valence-electron chi connectivity index (χ0n) is 9.73. The second-order valence-electron chi connectivity index (χ2n) is 3.25. The maximum Gasteiger partial charge on any atom is 0.350 e. The van der Waals surface area contributed by atoms with E-state index in [1.807, 2.05) is 0 Å². The Morgan fingerprint density at radius 1 is 1.53 bits per heavy atom. The number of nitrogens with two attached hydrogens (primary N) is 1. The van der Waals surface area contributed by atoms with Gasteiger partial charge < -0.3 is 15.8 Å². The number of anilines is 2. The summed E-state index contributed by atoms with van der Waals surface area (Å²) >= 11 is 0.971. The highest BCUT2D eigenvalue weighted by Gasteiger charge is 2.27. The topological polar surface area (TPSA) is 98.5 Å². The van der Waals surface area contributed by atoms with Crippen LogP contribution in [0.2, 0.25) is 0 Å². The lowest BCUT2D eigenvalue weighted by atomic mass is 10.4. The van der Waals surface area contributed by atoms with Crippen molar-refractivity contribution >= 4 is 37.8 Å². The molecule has 0 unspecified atom stereocenters. The monoisotopic (exact) mass is 278 g/mol. The Morgan fingerprint density at radius 3 is 2.47 bits per heavy atom. The van der Waals surface area contributed by atoms with E-state index in [4.69, 9.17) is 10.5 Å². The fourth-order valence-corrected chi connectivity index (χ4v) is 3.76. The molecule has 0 fully saturated rings. The molecule has 6 nitrogen and oxygen atoms in total. The molecule has 0 saturated heterocycles. The fraction of sp³-hybridized carbons (Fsp3) is 0.444. The Balaban J connectivity index is 3.39. The largest absolute Gasteiger partial charge is 0.462 e. The van der Waals surface area contributed by atoms with Crippen molar-refractivity contribution in [2.45, 2.75) is 11.8 Å². The Morgan fingerprint density at radius 2 is 2.12 bits per heavy atom. The van der Waals surface area contributed by atoms with E-state index in [1.165, 1.54) is 0 Å². The number of nitrogens with one attached hydrogen (secondary N) is 1. The minimum atomic E-state index is -3.49. The minimum Gasteiger partial charge on any atom is -0.462 e. The van der Waals surface area contributed by atoms with Crippen molar-refractivity contribution in [1.82, 2.24) is 0 Å². The highest BCUT2D eigenvalue weighted by atomic mass is 32.2. The van der Waals surface area contributed by atoms with Gasteiger partial charge in [0.25, 0.3) is 0 Å². The molecular weight excluding hydrogens is 264 g/mol. The van der Waals surface area contributed by atoms with Crippen molar-refractivity contribution in [3.05, 3.63) is 4.88 Å². The van der Waals surface area contributed by atoms with E-state index in [1.54, 1.807) is 14.0 Å². The minimum absolute atomic E-state index is 0.0481. The molecule has 0 aromatic carbocycles. The Bertz CT molecular complexity index is 533. The first kappa shape index (κ1) is 13.8. The van der Waals surface area contributed by atoms with Gasteiger partial charge in [0.15, 0.2) is 9.84 Å². The smallest absolute Gasteiger partial charge is 0.350 e. The third-order valence-electron chi connectivity index (χ3n) is 1.96. The molecule has 17 heavy (non-hydrogen) atoms. The first-order valence-corrected chi connectivity index (χ1v) is 7.50. The molecule has 1 rings (SSSR count). The van der Waals surface area contributed by atoms with Crippen molar-refractivity contribution < 1.29 is 17.9 Å². The number of hydrogen-bond acceptors (Lipinski definition) is 7. The SMILES string of the molecule is CCOC(=O)c1sc(NC)c(S(C)(=O)=O)c1N. The molecule has 0 bridgehead atoms. The normalized spacial score (nSPS) is 11.2. The number of nitrogen functional groups attached to an aromatic ring is 1. The molecule has 0 amide bonds. The maximum absolute atomic E-state index is 11.6. The van der Waals surface area contributed by atoms with E-state index in [2.05, 4.69) is 5.32 Å². The third-order valence-corrected chi connectivity index (χ3v) is 4.46. The van der Waals surface area contributed by atoms with Gasteiger partial charge in [-0.1, -0.05) is 0 Å². The highest BCUT2D eigenvalue weighted by Crippen LogP contribution is 2.39. The van der Waals surface area contributed by atoms with Crippen molar-refractivity contribution in [2.24, 2.45) is 0 Å². The summed E-state index contributed by atoms with van der Waals surface area (Å²) < 4.78 is 27.9. The van der Waals surface area contributed by atoms with E-state index in [0.717, 1.165) is 17.6 Å². The van der Waals surface area contributed by atoms with E-state index in [-0.39, 0.29) is 22.1 Å². The summed E-state index contributed by atoms with van der Waals surface area (Å²) in [6.07, 6.45) is 1.04. The average molecular weight is 278 g/mol. The van der Waals surface area contributed by atoms with Gasteiger partial charge >= 0.3 is 5.97 Å². The number of thiophene rings is 1. The van der Waals surface area contributed by atoms with Gasteiger partial charge in [-0.2, -0.15) is 0 Å². The quantitative estimate of drug-likeness (QED) is 0.796. The zero-order chi connectivity index (χ0) is 13.2. The first-order valence-electron chi connectivity index (χ1n) is 4.80. The van der Waals surface area contributed by atoms with Gasteiger partial charge in [-0.25, -0.2) is 13.2 Å². The van der Waals surface area contributed by atoms with Crippen LogP contribution in [0, 0.1) is 0 Å². The lowest BCUT2D eigenvalue weighted by Gasteiger charge is -2.01. The molecular formula is C9H14N2O4S2. The molecule has 0 spiro atoms. The molecule has 8 heteroatoms. The van der Waals surface area contributed by atoms with Crippen LogP contribution in [0.5, 0.6) is 0 Å². The summed E-state index contributed by atoms with van der Waals surface area (Å²) in [6.45, 7) is 1.87. The van der Waals surface area contributed by atoms with Crippen molar-refractivity contribution in [3.8, 4) is 0 Å². The summed E-state index contributed by atoms with van der Waals surface area (Å²) in [5.74, 6) is -0.610. The molecule has 0 aliphatic carbocycles. The standard InChI is InChI=1S/C9H14N2O4S2/c1-4-15-9(12)6-5(10)7(17(3,13)14)8(11-2)16-6/h11H,4,10H2,1-3H3.